The van der Waals surface area contributed by atoms with Crippen LogP contribution in [-0.4, -0.2) is 13.4 Å². The van der Waals surface area contributed by atoms with Crippen LogP contribution in [0.25, 0.3) is 10.8 Å². The lowest BCUT2D eigenvalue weighted by Crippen LogP contribution is -1.92. The second-order valence-electron chi connectivity index (χ2n) is 3.16. The highest BCUT2D eigenvalue weighted by Gasteiger charge is 2.07. The van der Waals surface area contributed by atoms with E-state index >= 15 is 0 Å². The van der Waals surface area contributed by atoms with Gasteiger partial charge in [-0.25, -0.2) is 4.39 Å². The van der Waals surface area contributed by atoms with Gasteiger partial charge in [-0.05, 0) is 29.0 Å². The topological polar surface area (TPSA) is 26.3 Å². The van der Waals surface area contributed by atoms with Crippen molar-refractivity contribution in [2.24, 2.45) is 0 Å². The average Bonchev–Trinajstić information content (AvgIpc) is 2.27. The van der Waals surface area contributed by atoms with E-state index in [2.05, 4.69) is 0 Å². The Labute approximate surface area is 86.3 Å². The molecular weight excluding hydrogens is 195 g/mol. The fraction of sp³-hybridized carbons (Fsp3) is 0.0833. The number of benzene rings is 2. The third-order valence-electron chi connectivity index (χ3n) is 2.32. The molecule has 0 radical (unpaired) electrons. The van der Waals surface area contributed by atoms with Gasteiger partial charge in [-0.1, -0.05) is 12.1 Å². The molecule has 0 fully saturated rings. The van der Waals surface area contributed by atoms with Crippen LogP contribution in [0.4, 0.5) is 4.39 Å². The van der Waals surface area contributed by atoms with Crippen molar-refractivity contribution in [3.05, 3.63) is 41.7 Å². The number of rotatable bonds is 2. The Kier molecular flexibility index (Phi) is 2.37. The molecule has 0 aromatic heterocycles. The highest BCUT2D eigenvalue weighted by Crippen LogP contribution is 2.26. The standard InChI is InChI=1S/C12H9FO2/c1-15-12-5-2-8-6-9(13)3-4-10(8)11(12)7-14/h2-7H,1H3. The molecule has 15 heavy (non-hydrogen) atoms. The van der Waals surface area contributed by atoms with Gasteiger partial charge in [-0.3, -0.25) is 4.79 Å². The molecule has 0 atom stereocenters. The van der Waals surface area contributed by atoms with Gasteiger partial charge in [0.2, 0.25) is 0 Å². The maximum atomic E-state index is 12.9. The fourth-order valence-corrected chi connectivity index (χ4v) is 1.60. The molecular formula is C12H9FO2. The summed E-state index contributed by atoms with van der Waals surface area (Å²) in [6, 6.07) is 7.68. The first-order chi connectivity index (χ1) is 7.26. The Morgan fingerprint density at radius 3 is 2.73 bits per heavy atom. The Morgan fingerprint density at radius 1 is 1.27 bits per heavy atom. The van der Waals surface area contributed by atoms with E-state index in [9.17, 15) is 9.18 Å². The predicted molar refractivity (Wildman–Crippen MR) is 55.8 cm³/mol. The van der Waals surface area contributed by atoms with Crippen molar-refractivity contribution in [2.45, 2.75) is 0 Å². The van der Waals surface area contributed by atoms with Crippen LogP contribution >= 0.6 is 0 Å². The van der Waals surface area contributed by atoms with Crippen LogP contribution < -0.4 is 4.74 Å². The second-order valence-corrected chi connectivity index (χ2v) is 3.16. The van der Waals surface area contributed by atoms with E-state index in [0.29, 0.717) is 22.1 Å². The first kappa shape index (κ1) is 9.65. The first-order valence-corrected chi connectivity index (χ1v) is 4.47. The molecule has 0 saturated carbocycles. The molecule has 0 saturated heterocycles. The molecule has 2 rings (SSSR count). The molecule has 0 N–H and O–H groups in total. The van der Waals surface area contributed by atoms with Crippen LogP contribution in [0.3, 0.4) is 0 Å². The molecule has 2 nitrogen and oxygen atoms in total. The molecule has 0 aliphatic rings. The summed E-state index contributed by atoms with van der Waals surface area (Å²) in [7, 11) is 1.50. The third-order valence-corrected chi connectivity index (χ3v) is 2.32. The molecule has 2 aromatic rings. The average molecular weight is 204 g/mol. The van der Waals surface area contributed by atoms with E-state index in [1.54, 1.807) is 18.2 Å². The van der Waals surface area contributed by atoms with Crippen molar-refractivity contribution < 1.29 is 13.9 Å². The van der Waals surface area contributed by atoms with Gasteiger partial charge in [-0.2, -0.15) is 0 Å². The highest BCUT2D eigenvalue weighted by molar-refractivity contribution is 6.00. The normalized spacial score (nSPS) is 10.3. The van der Waals surface area contributed by atoms with E-state index in [4.69, 9.17) is 4.74 Å². The van der Waals surface area contributed by atoms with Crippen molar-refractivity contribution in [1.82, 2.24) is 0 Å². The van der Waals surface area contributed by atoms with Gasteiger partial charge in [0.1, 0.15) is 11.6 Å². The van der Waals surface area contributed by atoms with E-state index in [1.807, 2.05) is 0 Å². The molecule has 0 aliphatic heterocycles. The maximum Gasteiger partial charge on any atom is 0.154 e. The van der Waals surface area contributed by atoms with Crippen molar-refractivity contribution >= 4 is 17.1 Å². The monoisotopic (exact) mass is 204 g/mol. The summed E-state index contributed by atoms with van der Waals surface area (Å²) < 4.78 is 18.0. The van der Waals surface area contributed by atoms with E-state index < -0.39 is 0 Å². The first-order valence-electron chi connectivity index (χ1n) is 4.47. The van der Waals surface area contributed by atoms with Gasteiger partial charge in [0.05, 0.1) is 12.7 Å². The largest absolute Gasteiger partial charge is 0.496 e. The van der Waals surface area contributed by atoms with Crippen molar-refractivity contribution in [2.75, 3.05) is 7.11 Å². The summed E-state index contributed by atoms with van der Waals surface area (Å²) in [5.41, 5.74) is 0.454. The number of methoxy groups -OCH3 is 1. The van der Waals surface area contributed by atoms with Gasteiger partial charge >= 0.3 is 0 Å². The summed E-state index contributed by atoms with van der Waals surface area (Å²) in [6.45, 7) is 0. The molecule has 0 bridgehead atoms. The van der Waals surface area contributed by atoms with Crippen molar-refractivity contribution in [1.29, 1.82) is 0 Å². The SMILES string of the molecule is COc1ccc2cc(F)ccc2c1C=O. The number of ether oxygens (including phenoxy) is 1. The molecule has 76 valence electrons. The zero-order valence-corrected chi connectivity index (χ0v) is 8.16. The minimum absolute atomic E-state index is 0.315. The van der Waals surface area contributed by atoms with Crippen LogP contribution in [0.15, 0.2) is 30.3 Å². The summed E-state index contributed by atoms with van der Waals surface area (Å²) in [5.74, 6) is 0.189. The van der Waals surface area contributed by atoms with E-state index in [1.165, 1.54) is 19.2 Å². The lowest BCUT2D eigenvalue weighted by atomic mass is 10.0. The molecule has 3 heteroatoms. The van der Waals surface area contributed by atoms with Crippen LogP contribution in [-0.2, 0) is 0 Å². The second kappa shape index (κ2) is 3.69. The summed E-state index contributed by atoms with van der Waals surface area (Å²) in [4.78, 5) is 10.9. The zero-order valence-electron chi connectivity index (χ0n) is 8.16. The summed E-state index contributed by atoms with van der Waals surface area (Å²) in [6.07, 6.45) is 0.721. The zero-order chi connectivity index (χ0) is 10.8. The van der Waals surface area contributed by atoms with Crippen LogP contribution in [0, 0.1) is 5.82 Å². The lowest BCUT2D eigenvalue weighted by molar-refractivity contribution is 0.112. The van der Waals surface area contributed by atoms with Gasteiger partial charge in [0.25, 0.3) is 0 Å². The molecule has 0 spiro atoms. The number of hydrogen-bond donors (Lipinski definition) is 0. The molecule has 0 amide bonds. The summed E-state index contributed by atoms with van der Waals surface area (Å²) >= 11 is 0. The van der Waals surface area contributed by atoms with Crippen LogP contribution in [0.1, 0.15) is 10.4 Å². The van der Waals surface area contributed by atoms with Crippen LogP contribution in [0.2, 0.25) is 0 Å². The molecule has 0 heterocycles. The van der Waals surface area contributed by atoms with Crippen molar-refractivity contribution in [3.8, 4) is 5.75 Å². The van der Waals surface area contributed by atoms with Gasteiger partial charge in [0.15, 0.2) is 6.29 Å². The highest BCUT2D eigenvalue weighted by atomic mass is 19.1. The summed E-state index contributed by atoms with van der Waals surface area (Å²) in [5, 5.41) is 1.39. The van der Waals surface area contributed by atoms with Gasteiger partial charge in [-0.15, -0.1) is 0 Å². The minimum Gasteiger partial charge on any atom is -0.496 e. The Morgan fingerprint density at radius 2 is 2.07 bits per heavy atom. The quantitative estimate of drug-likeness (QED) is 0.703. The fourth-order valence-electron chi connectivity index (χ4n) is 1.60. The van der Waals surface area contributed by atoms with Crippen LogP contribution in [0.5, 0.6) is 5.75 Å². The Bertz CT molecular complexity index is 520. The number of aldehydes is 1. The number of carbonyl (C=O) groups is 1. The lowest BCUT2D eigenvalue weighted by Gasteiger charge is -2.06. The number of carbonyl (C=O) groups excluding carboxylic acids is 1. The molecule has 2 aromatic carbocycles. The van der Waals surface area contributed by atoms with E-state index in [0.717, 1.165) is 6.29 Å². The van der Waals surface area contributed by atoms with Gasteiger partial charge < -0.3 is 4.74 Å². The predicted octanol–water partition coefficient (Wildman–Crippen LogP) is 2.80. The number of fused-ring (bicyclic) bond motifs is 1. The maximum absolute atomic E-state index is 12.9. The Balaban J connectivity index is 2.82. The number of hydrogen-bond acceptors (Lipinski definition) is 2. The molecule has 0 unspecified atom stereocenters. The number of halogens is 1. The minimum atomic E-state index is -0.315. The third kappa shape index (κ3) is 1.56. The van der Waals surface area contributed by atoms with Gasteiger partial charge in [0, 0.05) is 0 Å². The Hall–Kier alpha value is -1.90. The van der Waals surface area contributed by atoms with Crippen molar-refractivity contribution in [3.63, 3.8) is 0 Å². The molecule has 0 aliphatic carbocycles. The van der Waals surface area contributed by atoms with E-state index in [-0.39, 0.29) is 5.82 Å². The smallest absolute Gasteiger partial charge is 0.154 e.